The Bertz CT molecular complexity index is 606. The first-order valence-electron chi connectivity index (χ1n) is 7.37. The van der Waals surface area contributed by atoms with Gasteiger partial charge in [-0.1, -0.05) is 25.1 Å². The standard InChI is InChI=1S/C18H21NO/c1-3-14-5-4-6-17(11-14)19-13(2)15-7-8-18-16(12-15)9-10-20-18/h4-8,11-13,19H,3,9-10H2,1-2H3. The Morgan fingerprint density at radius 2 is 2.10 bits per heavy atom. The van der Waals surface area contributed by atoms with Crippen LogP contribution >= 0.6 is 0 Å². The van der Waals surface area contributed by atoms with E-state index in [0.29, 0.717) is 6.04 Å². The van der Waals surface area contributed by atoms with Gasteiger partial charge in [0, 0.05) is 18.2 Å². The lowest BCUT2D eigenvalue weighted by molar-refractivity contribution is 0.357. The molecule has 2 aromatic carbocycles. The van der Waals surface area contributed by atoms with E-state index in [4.69, 9.17) is 4.74 Å². The largest absolute Gasteiger partial charge is 0.493 e. The molecule has 0 bridgehead atoms. The molecule has 0 radical (unpaired) electrons. The van der Waals surface area contributed by atoms with Crippen LogP contribution in [-0.4, -0.2) is 6.61 Å². The maximum atomic E-state index is 5.56. The second-order valence-electron chi connectivity index (χ2n) is 5.39. The van der Waals surface area contributed by atoms with Crippen LogP contribution in [0.15, 0.2) is 42.5 Å². The number of ether oxygens (including phenoxy) is 1. The normalized spacial score (nSPS) is 14.5. The predicted molar refractivity (Wildman–Crippen MR) is 83.5 cm³/mol. The van der Waals surface area contributed by atoms with Gasteiger partial charge >= 0.3 is 0 Å². The summed E-state index contributed by atoms with van der Waals surface area (Å²) >= 11 is 0. The van der Waals surface area contributed by atoms with Crippen molar-refractivity contribution in [3.8, 4) is 5.75 Å². The van der Waals surface area contributed by atoms with Gasteiger partial charge < -0.3 is 10.1 Å². The smallest absolute Gasteiger partial charge is 0.122 e. The Morgan fingerprint density at radius 1 is 1.20 bits per heavy atom. The predicted octanol–water partition coefficient (Wildman–Crippen LogP) is 4.36. The maximum Gasteiger partial charge on any atom is 0.122 e. The second kappa shape index (κ2) is 5.58. The van der Waals surface area contributed by atoms with Crippen molar-refractivity contribution in [1.29, 1.82) is 0 Å². The highest BCUT2D eigenvalue weighted by Crippen LogP contribution is 2.29. The average Bonchev–Trinajstić information content (AvgIpc) is 2.94. The summed E-state index contributed by atoms with van der Waals surface area (Å²) in [5.41, 5.74) is 5.20. The van der Waals surface area contributed by atoms with Crippen LogP contribution in [0, 0.1) is 0 Å². The van der Waals surface area contributed by atoms with E-state index in [1.54, 1.807) is 0 Å². The second-order valence-corrected chi connectivity index (χ2v) is 5.39. The van der Waals surface area contributed by atoms with Crippen LogP contribution in [0.2, 0.25) is 0 Å². The fourth-order valence-electron chi connectivity index (χ4n) is 2.69. The Labute approximate surface area is 120 Å². The van der Waals surface area contributed by atoms with Crippen molar-refractivity contribution < 1.29 is 4.74 Å². The van der Waals surface area contributed by atoms with Crippen molar-refractivity contribution >= 4 is 5.69 Å². The molecule has 2 aromatic rings. The van der Waals surface area contributed by atoms with Crippen molar-refractivity contribution in [2.24, 2.45) is 0 Å². The maximum absolute atomic E-state index is 5.56. The molecule has 1 heterocycles. The molecule has 0 spiro atoms. The topological polar surface area (TPSA) is 21.3 Å². The molecule has 0 aromatic heterocycles. The van der Waals surface area contributed by atoms with Crippen molar-refractivity contribution in [2.75, 3.05) is 11.9 Å². The summed E-state index contributed by atoms with van der Waals surface area (Å²) in [7, 11) is 0. The van der Waals surface area contributed by atoms with E-state index in [1.165, 1.54) is 22.4 Å². The van der Waals surface area contributed by atoms with Gasteiger partial charge in [0.15, 0.2) is 0 Å². The summed E-state index contributed by atoms with van der Waals surface area (Å²) in [6.07, 6.45) is 2.10. The van der Waals surface area contributed by atoms with Gasteiger partial charge in [0.05, 0.1) is 6.61 Å². The minimum Gasteiger partial charge on any atom is -0.493 e. The molecule has 104 valence electrons. The van der Waals surface area contributed by atoms with Crippen molar-refractivity contribution in [2.45, 2.75) is 32.7 Å². The molecule has 2 heteroatoms. The fraction of sp³-hybridized carbons (Fsp3) is 0.333. The van der Waals surface area contributed by atoms with Crippen LogP contribution in [0.4, 0.5) is 5.69 Å². The zero-order chi connectivity index (χ0) is 13.9. The van der Waals surface area contributed by atoms with Crippen LogP contribution < -0.4 is 10.1 Å². The van der Waals surface area contributed by atoms with E-state index in [0.717, 1.165) is 25.2 Å². The van der Waals surface area contributed by atoms with Crippen molar-refractivity contribution in [3.05, 3.63) is 59.2 Å². The van der Waals surface area contributed by atoms with E-state index in [-0.39, 0.29) is 0 Å². The average molecular weight is 267 g/mol. The lowest BCUT2D eigenvalue weighted by Gasteiger charge is -2.17. The van der Waals surface area contributed by atoms with Crippen LogP contribution in [0.1, 0.15) is 36.6 Å². The lowest BCUT2D eigenvalue weighted by atomic mass is 10.0. The van der Waals surface area contributed by atoms with Crippen molar-refractivity contribution in [3.63, 3.8) is 0 Å². The molecule has 2 nitrogen and oxygen atoms in total. The van der Waals surface area contributed by atoms with Gasteiger partial charge in [0.1, 0.15) is 5.75 Å². The molecule has 0 saturated carbocycles. The molecular formula is C18H21NO. The molecule has 0 aliphatic carbocycles. The monoisotopic (exact) mass is 267 g/mol. The molecule has 1 unspecified atom stereocenters. The molecule has 0 saturated heterocycles. The summed E-state index contributed by atoms with van der Waals surface area (Å²) in [4.78, 5) is 0. The van der Waals surface area contributed by atoms with Crippen LogP contribution in [0.25, 0.3) is 0 Å². The number of benzene rings is 2. The van der Waals surface area contributed by atoms with Gasteiger partial charge in [0.25, 0.3) is 0 Å². The van der Waals surface area contributed by atoms with E-state index >= 15 is 0 Å². The molecule has 1 aliphatic heterocycles. The quantitative estimate of drug-likeness (QED) is 0.888. The highest BCUT2D eigenvalue weighted by atomic mass is 16.5. The number of hydrogen-bond acceptors (Lipinski definition) is 2. The summed E-state index contributed by atoms with van der Waals surface area (Å²) < 4.78 is 5.56. The van der Waals surface area contributed by atoms with Gasteiger partial charge in [-0.05, 0) is 54.3 Å². The molecule has 1 N–H and O–H groups in total. The number of aryl methyl sites for hydroxylation is 1. The number of nitrogens with one attached hydrogen (secondary N) is 1. The SMILES string of the molecule is CCc1cccc(NC(C)c2ccc3c(c2)CCO3)c1. The van der Waals surface area contributed by atoms with Gasteiger partial charge in [-0.2, -0.15) is 0 Å². The highest BCUT2D eigenvalue weighted by molar-refractivity contribution is 5.49. The van der Waals surface area contributed by atoms with Gasteiger partial charge in [-0.25, -0.2) is 0 Å². The zero-order valence-electron chi connectivity index (χ0n) is 12.1. The van der Waals surface area contributed by atoms with Crippen molar-refractivity contribution in [1.82, 2.24) is 0 Å². The number of anilines is 1. The minimum atomic E-state index is 0.299. The Balaban J connectivity index is 1.77. The third-order valence-corrected chi connectivity index (χ3v) is 3.93. The van der Waals surface area contributed by atoms with E-state index in [1.807, 2.05) is 0 Å². The molecule has 3 rings (SSSR count). The van der Waals surface area contributed by atoms with Crippen LogP contribution in [0.5, 0.6) is 5.75 Å². The number of fused-ring (bicyclic) bond motifs is 1. The van der Waals surface area contributed by atoms with E-state index < -0.39 is 0 Å². The molecule has 1 atom stereocenters. The first-order valence-corrected chi connectivity index (χ1v) is 7.37. The zero-order valence-corrected chi connectivity index (χ0v) is 12.1. The molecule has 0 amide bonds. The third-order valence-electron chi connectivity index (χ3n) is 3.93. The summed E-state index contributed by atoms with van der Waals surface area (Å²) in [6, 6.07) is 15.5. The minimum absolute atomic E-state index is 0.299. The Hall–Kier alpha value is -1.96. The first-order chi connectivity index (χ1) is 9.76. The van der Waals surface area contributed by atoms with Crippen LogP contribution in [0.3, 0.4) is 0 Å². The summed E-state index contributed by atoms with van der Waals surface area (Å²) in [5.74, 6) is 1.05. The van der Waals surface area contributed by atoms with Gasteiger partial charge in [-0.3, -0.25) is 0 Å². The summed E-state index contributed by atoms with van der Waals surface area (Å²) in [5, 5.41) is 3.58. The van der Waals surface area contributed by atoms with E-state index in [2.05, 4.69) is 61.6 Å². The lowest BCUT2D eigenvalue weighted by Crippen LogP contribution is -2.07. The molecule has 1 aliphatic rings. The molecule has 20 heavy (non-hydrogen) atoms. The molecular weight excluding hydrogens is 246 g/mol. The van der Waals surface area contributed by atoms with Gasteiger partial charge in [-0.15, -0.1) is 0 Å². The Kier molecular flexibility index (Phi) is 3.64. The van der Waals surface area contributed by atoms with Crippen LogP contribution in [-0.2, 0) is 12.8 Å². The first kappa shape index (κ1) is 13.0. The van der Waals surface area contributed by atoms with Gasteiger partial charge in [0.2, 0.25) is 0 Å². The molecule has 0 fully saturated rings. The highest BCUT2D eigenvalue weighted by Gasteiger charge is 2.14. The Morgan fingerprint density at radius 3 is 2.95 bits per heavy atom. The number of hydrogen-bond donors (Lipinski definition) is 1. The fourth-order valence-corrected chi connectivity index (χ4v) is 2.69. The number of rotatable bonds is 4. The third kappa shape index (κ3) is 2.64. The van der Waals surface area contributed by atoms with E-state index in [9.17, 15) is 0 Å². The summed E-state index contributed by atoms with van der Waals surface area (Å²) in [6.45, 7) is 5.21.